The highest BCUT2D eigenvalue weighted by Crippen LogP contribution is 2.42. The summed E-state index contributed by atoms with van der Waals surface area (Å²) in [6, 6.07) is 42.3. The Labute approximate surface area is 207 Å². The molecule has 2 nitrogen and oxygen atoms in total. The maximum Gasteiger partial charge on any atom is 0.0973 e. The third-order valence-electron chi connectivity index (χ3n) is 6.48. The molecule has 2 aromatic heterocycles. The summed E-state index contributed by atoms with van der Waals surface area (Å²) >= 11 is 1.84. The average Bonchev–Trinajstić information content (AvgIpc) is 3.32. The number of hydrogen-bond donors (Lipinski definition) is 0. The van der Waals surface area contributed by atoms with E-state index in [0.29, 0.717) is 0 Å². The zero-order valence-corrected chi connectivity index (χ0v) is 19.7. The van der Waals surface area contributed by atoms with Crippen LogP contribution in [-0.4, -0.2) is 9.97 Å². The van der Waals surface area contributed by atoms with Crippen LogP contribution in [0.4, 0.5) is 0 Å². The second-order valence-electron chi connectivity index (χ2n) is 8.60. The zero-order chi connectivity index (χ0) is 23.2. The molecule has 0 atom stereocenters. The largest absolute Gasteiger partial charge is 0.244 e. The molecule has 0 aliphatic heterocycles. The maximum atomic E-state index is 5.31. The lowest BCUT2D eigenvalue weighted by atomic mass is 9.97. The Hall–Kier alpha value is -4.34. The van der Waals surface area contributed by atoms with Crippen molar-refractivity contribution in [2.75, 3.05) is 0 Å². The Kier molecular flexibility index (Phi) is 4.68. The molecule has 0 aliphatic rings. The fourth-order valence-electron chi connectivity index (χ4n) is 4.89. The van der Waals surface area contributed by atoms with Crippen molar-refractivity contribution in [1.82, 2.24) is 9.97 Å². The number of fused-ring (bicyclic) bond motifs is 4. The molecule has 35 heavy (non-hydrogen) atoms. The average molecular weight is 465 g/mol. The molecule has 5 aromatic carbocycles. The summed E-state index contributed by atoms with van der Waals surface area (Å²) in [4.78, 5) is 10.5. The van der Waals surface area contributed by atoms with Crippen molar-refractivity contribution < 1.29 is 0 Å². The number of para-hydroxylation sites is 1. The van der Waals surface area contributed by atoms with Crippen molar-refractivity contribution >= 4 is 42.5 Å². The van der Waals surface area contributed by atoms with Crippen LogP contribution in [0, 0.1) is 0 Å². The minimum atomic E-state index is 0.901. The second-order valence-corrected chi connectivity index (χ2v) is 9.69. The van der Waals surface area contributed by atoms with Gasteiger partial charge in [0.25, 0.3) is 0 Å². The van der Waals surface area contributed by atoms with Gasteiger partial charge in [0.1, 0.15) is 0 Å². The fraction of sp³-hybridized carbons (Fsp3) is 0. The van der Waals surface area contributed by atoms with Gasteiger partial charge in [0.15, 0.2) is 0 Å². The molecule has 7 aromatic rings. The summed E-state index contributed by atoms with van der Waals surface area (Å²) in [7, 11) is 0. The summed E-state index contributed by atoms with van der Waals surface area (Å²) in [5.74, 6) is 0. The third kappa shape index (κ3) is 3.32. The van der Waals surface area contributed by atoms with Gasteiger partial charge in [0.2, 0.25) is 0 Å². The van der Waals surface area contributed by atoms with E-state index < -0.39 is 0 Å². The SMILES string of the molecule is c1ccc(-c2nc3cccc(-c4cccc5sc6ccccc6c45)c3nc2-c2ccccc2)cc1. The van der Waals surface area contributed by atoms with Crippen molar-refractivity contribution in [2.45, 2.75) is 0 Å². The quantitative estimate of drug-likeness (QED) is 0.261. The molecule has 0 unspecified atom stereocenters. The first-order valence-electron chi connectivity index (χ1n) is 11.7. The second kappa shape index (κ2) is 8.15. The Bertz CT molecular complexity index is 1840. The standard InChI is InChI=1S/C32H20N2S/c1-3-11-21(12-4-1)30-31(22-13-5-2-6-14-22)34-32-24(17-9-18-26(32)33-30)23-16-10-20-28-29(23)25-15-7-8-19-27(25)35-28/h1-20H. The Morgan fingerprint density at radius 3 is 1.83 bits per heavy atom. The summed E-state index contributed by atoms with van der Waals surface area (Å²) in [6.07, 6.45) is 0. The van der Waals surface area contributed by atoms with Crippen LogP contribution in [-0.2, 0) is 0 Å². The monoisotopic (exact) mass is 464 g/mol. The molecule has 3 heteroatoms. The molecule has 0 bridgehead atoms. The molecule has 7 rings (SSSR count). The van der Waals surface area contributed by atoms with Gasteiger partial charge < -0.3 is 0 Å². The molecule has 164 valence electrons. The van der Waals surface area contributed by atoms with E-state index in [2.05, 4.69) is 109 Å². The normalized spacial score (nSPS) is 11.4. The van der Waals surface area contributed by atoms with Crippen LogP contribution in [0.2, 0.25) is 0 Å². The van der Waals surface area contributed by atoms with Gasteiger partial charge in [-0.2, -0.15) is 0 Å². The molecule has 0 fully saturated rings. The Balaban J connectivity index is 1.57. The lowest BCUT2D eigenvalue weighted by molar-refractivity contribution is 1.29. The van der Waals surface area contributed by atoms with Gasteiger partial charge >= 0.3 is 0 Å². The summed E-state index contributed by atoms with van der Waals surface area (Å²) in [5, 5.41) is 2.58. The molecule has 0 radical (unpaired) electrons. The van der Waals surface area contributed by atoms with Gasteiger partial charge in [-0.15, -0.1) is 11.3 Å². The lowest BCUT2D eigenvalue weighted by Crippen LogP contribution is -1.97. The molecule has 2 heterocycles. The number of nitrogens with zero attached hydrogens (tertiary/aromatic N) is 2. The predicted molar refractivity (Wildman–Crippen MR) is 149 cm³/mol. The van der Waals surface area contributed by atoms with Gasteiger partial charge in [-0.3, -0.25) is 0 Å². The molecule has 0 spiro atoms. The number of aromatic nitrogens is 2. The number of benzene rings is 5. The summed E-state index contributed by atoms with van der Waals surface area (Å²) in [5.41, 5.74) is 8.07. The topological polar surface area (TPSA) is 25.8 Å². The Morgan fingerprint density at radius 1 is 0.457 bits per heavy atom. The smallest absolute Gasteiger partial charge is 0.0973 e. The van der Waals surface area contributed by atoms with Crippen LogP contribution >= 0.6 is 11.3 Å². The van der Waals surface area contributed by atoms with Crippen LogP contribution in [0.3, 0.4) is 0 Å². The summed E-state index contributed by atoms with van der Waals surface area (Å²) in [6.45, 7) is 0. The van der Waals surface area contributed by atoms with Gasteiger partial charge in [-0.1, -0.05) is 103 Å². The third-order valence-corrected chi connectivity index (χ3v) is 7.62. The van der Waals surface area contributed by atoms with Gasteiger partial charge in [-0.25, -0.2) is 9.97 Å². The van der Waals surface area contributed by atoms with E-state index in [1.54, 1.807) is 0 Å². The highest BCUT2D eigenvalue weighted by atomic mass is 32.1. The predicted octanol–water partition coefficient (Wildman–Crippen LogP) is 9.00. The Morgan fingerprint density at radius 2 is 1.06 bits per heavy atom. The molecule has 0 saturated carbocycles. The van der Waals surface area contributed by atoms with Crippen molar-refractivity contribution in [3.63, 3.8) is 0 Å². The first-order chi connectivity index (χ1) is 17.4. The first-order valence-corrected chi connectivity index (χ1v) is 12.5. The fourth-order valence-corrected chi connectivity index (χ4v) is 6.02. The van der Waals surface area contributed by atoms with E-state index in [4.69, 9.17) is 9.97 Å². The molecular formula is C32H20N2S. The van der Waals surface area contributed by atoms with Crippen molar-refractivity contribution in [2.24, 2.45) is 0 Å². The number of rotatable bonds is 3. The summed E-state index contributed by atoms with van der Waals surface area (Å²) < 4.78 is 2.59. The van der Waals surface area contributed by atoms with Gasteiger partial charge in [0, 0.05) is 36.9 Å². The highest BCUT2D eigenvalue weighted by molar-refractivity contribution is 7.25. The molecular weight excluding hydrogens is 444 g/mol. The van der Waals surface area contributed by atoms with Crippen molar-refractivity contribution in [3.8, 4) is 33.6 Å². The van der Waals surface area contributed by atoms with E-state index in [9.17, 15) is 0 Å². The van der Waals surface area contributed by atoms with E-state index in [0.717, 1.165) is 39.1 Å². The molecule has 0 saturated heterocycles. The van der Waals surface area contributed by atoms with Crippen LogP contribution < -0.4 is 0 Å². The van der Waals surface area contributed by atoms with Crippen molar-refractivity contribution in [3.05, 3.63) is 121 Å². The molecule has 0 amide bonds. The minimum Gasteiger partial charge on any atom is -0.244 e. The lowest BCUT2D eigenvalue weighted by Gasteiger charge is -2.13. The van der Waals surface area contributed by atoms with Crippen molar-refractivity contribution in [1.29, 1.82) is 0 Å². The molecule has 0 N–H and O–H groups in total. The van der Waals surface area contributed by atoms with E-state index in [1.807, 2.05) is 23.5 Å². The molecule has 0 aliphatic carbocycles. The van der Waals surface area contributed by atoms with Crippen LogP contribution in [0.1, 0.15) is 0 Å². The number of thiophene rings is 1. The van der Waals surface area contributed by atoms with E-state index >= 15 is 0 Å². The highest BCUT2D eigenvalue weighted by Gasteiger charge is 2.17. The maximum absolute atomic E-state index is 5.31. The minimum absolute atomic E-state index is 0.901. The van der Waals surface area contributed by atoms with E-state index in [1.165, 1.54) is 25.7 Å². The van der Waals surface area contributed by atoms with Crippen LogP contribution in [0.25, 0.3) is 64.8 Å². The van der Waals surface area contributed by atoms with Crippen LogP contribution in [0.5, 0.6) is 0 Å². The van der Waals surface area contributed by atoms with Gasteiger partial charge in [-0.05, 0) is 23.8 Å². The van der Waals surface area contributed by atoms with Crippen LogP contribution in [0.15, 0.2) is 121 Å². The number of hydrogen-bond acceptors (Lipinski definition) is 3. The first kappa shape index (κ1) is 20.1. The van der Waals surface area contributed by atoms with Gasteiger partial charge in [0.05, 0.1) is 22.4 Å². The zero-order valence-electron chi connectivity index (χ0n) is 18.8. The van der Waals surface area contributed by atoms with E-state index in [-0.39, 0.29) is 0 Å².